The largest absolute Gasteiger partial charge is 0.496 e. The van der Waals surface area contributed by atoms with Gasteiger partial charge in [0.15, 0.2) is 0 Å². The number of rotatable bonds is 3. The Kier molecular flexibility index (Phi) is 4.15. The Morgan fingerprint density at radius 1 is 1.62 bits per heavy atom. The van der Waals surface area contributed by atoms with E-state index in [1.54, 1.807) is 19.1 Å². The van der Waals surface area contributed by atoms with Crippen LogP contribution in [0.3, 0.4) is 0 Å². The van der Waals surface area contributed by atoms with Crippen molar-refractivity contribution in [3.63, 3.8) is 0 Å². The maximum absolute atomic E-state index is 11.7. The van der Waals surface area contributed by atoms with Gasteiger partial charge in [-0.2, -0.15) is 5.26 Å². The zero-order valence-electron chi connectivity index (χ0n) is 8.95. The molecule has 0 aromatic heterocycles. The second-order valence-corrected chi connectivity index (χ2v) is 3.61. The molecule has 0 fully saturated rings. The van der Waals surface area contributed by atoms with Crippen LogP contribution < -0.4 is 10.1 Å². The quantitative estimate of drug-likeness (QED) is 0.876. The number of benzene rings is 1. The summed E-state index contributed by atoms with van der Waals surface area (Å²) in [5, 5.41) is 11.5. The fourth-order valence-corrected chi connectivity index (χ4v) is 1.34. The number of nitrogens with zero attached hydrogens (tertiary/aromatic N) is 1. The summed E-state index contributed by atoms with van der Waals surface area (Å²) in [5.41, 5.74) is 0.317. The molecule has 0 spiro atoms. The molecule has 0 aliphatic rings. The lowest BCUT2D eigenvalue weighted by molar-refractivity contribution is 0.0945. The highest BCUT2D eigenvalue weighted by Crippen LogP contribution is 2.22. The van der Waals surface area contributed by atoms with Crippen LogP contribution >= 0.6 is 11.6 Å². The lowest BCUT2D eigenvalue weighted by Gasteiger charge is -2.10. The summed E-state index contributed by atoms with van der Waals surface area (Å²) < 4.78 is 5.03. The topological polar surface area (TPSA) is 62.1 Å². The number of carbonyl (C=O) groups is 1. The zero-order valence-corrected chi connectivity index (χ0v) is 9.71. The summed E-state index contributed by atoms with van der Waals surface area (Å²) in [6.45, 7) is 1.59. The van der Waals surface area contributed by atoms with Gasteiger partial charge < -0.3 is 10.1 Å². The number of hydrogen-bond donors (Lipinski definition) is 1. The minimum Gasteiger partial charge on any atom is -0.496 e. The van der Waals surface area contributed by atoms with E-state index in [1.165, 1.54) is 13.2 Å². The summed E-state index contributed by atoms with van der Waals surface area (Å²) in [6, 6.07) is 6.09. The lowest BCUT2D eigenvalue weighted by Crippen LogP contribution is -2.31. The van der Waals surface area contributed by atoms with Crippen molar-refractivity contribution < 1.29 is 9.53 Å². The number of nitrogens with one attached hydrogen (secondary N) is 1. The smallest absolute Gasteiger partial charge is 0.256 e. The van der Waals surface area contributed by atoms with Gasteiger partial charge in [-0.15, -0.1) is 0 Å². The number of ether oxygens (including phenoxy) is 1. The van der Waals surface area contributed by atoms with E-state index in [9.17, 15) is 4.79 Å². The Hall–Kier alpha value is -1.73. The molecule has 1 rings (SSSR count). The van der Waals surface area contributed by atoms with Gasteiger partial charge in [0, 0.05) is 5.02 Å². The number of methoxy groups -OCH3 is 1. The highest BCUT2D eigenvalue weighted by molar-refractivity contribution is 6.31. The number of halogens is 1. The standard InChI is InChI=1S/C11H11ClN2O2/c1-7(6-13)14-11(15)9-5-8(12)3-4-10(9)16-2/h3-5,7H,1-2H3,(H,14,15). The van der Waals surface area contributed by atoms with Crippen molar-refractivity contribution in [1.82, 2.24) is 5.32 Å². The van der Waals surface area contributed by atoms with Crippen molar-refractivity contribution in [3.05, 3.63) is 28.8 Å². The van der Waals surface area contributed by atoms with E-state index >= 15 is 0 Å². The number of amides is 1. The van der Waals surface area contributed by atoms with Crippen LogP contribution in [0.1, 0.15) is 17.3 Å². The highest BCUT2D eigenvalue weighted by Gasteiger charge is 2.14. The van der Waals surface area contributed by atoms with Gasteiger partial charge in [-0.25, -0.2) is 0 Å². The second-order valence-electron chi connectivity index (χ2n) is 3.17. The molecule has 1 amide bonds. The molecule has 0 heterocycles. The molecule has 0 saturated carbocycles. The molecule has 4 nitrogen and oxygen atoms in total. The molecule has 0 aliphatic carbocycles. The maximum atomic E-state index is 11.7. The van der Waals surface area contributed by atoms with Gasteiger partial charge in [0.2, 0.25) is 0 Å². The molecule has 1 aromatic carbocycles. The Morgan fingerprint density at radius 3 is 2.88 bits per heavy atom. The molecule has 16 heavy (non-hydrogen) atoms. The summed E-state index contributed by atoms with van der Waals surface area (Å²) in [6.07, 6.45) is 0. The van der Waals surface area contributed by atoms with Gasteiger partial charge in [0.05, 0.1) is 18.7 Å². The van der Waals surface area contributed by atoms with Crippen LogP contribution in [0.25, 0.3) is 0 Å². The Balaban J connectivity index is 2.98. The van der Waals surface area contributed by atoms with Crippen LogP contribution in [-0.2, 0) is 0 Å². The molecule has 1 N–H and O–H groups in total. The van der Waals surface area contributed by atoms with Gasteiger partial charge in [-0.05, 0) is 25.1 Å². The molecule has 1 aromatic rings. The highest BCUT2D eigenvalue weighted by atomic mass is 35.5. The molecule has 0 saturated heterocycles. The van der Waals surface area contributed by atoms with Crippen LogP contribution in [0.4, 0.5) is 0 Å². The lowest BCUT2D eigenvalue weighted by atomic mass is 10.2. The summed E-state index contributed by atoms with van der Waals surface area (Å²) >= 11 is 5.79. The van der Waals surface area contributed by atoms with Crippen molar-refractivity contribution >= 4 is 17.5 Å². The van der Waals surface area contributed by atoms with Crippen LogP contribution in [-0.4, -0.2) is 19.1 Å². The van der Waals surface area contributed by atoms with Crippen LogP contribution in [0.5, 0.6) is 5.75 Å². The van der Waals surface area contributed by atoms with Crippen molar-refractivity contribution in [1.29, 1.82) is 5.26 Å². The predicted molar refractivity (Wildman–Crippen MR) is 60.5 cm³/mol. The number of nitriles is 1. The van der Waals surface area contributed by atoms with E-state index in [1.807, 2.05) is 6.07 Å². The number of hydrogen-bond acceptors (Lipinski definition) is 3. The van der Waals surface area contributed by atoms with Gasteiger partial charge in [0.25, 0.3) is 5.91 Å². The molecule has 5 heteroatoms. The van der Waals surface area contributed by atoms with Crippen molar-refractivity contribution in [3.8, 4) is 11.8 Å². The van der Waals surface area contributed by atoms with Gasteiger partial charge >= 0.3 is 0 Å². The fraction of sp³-hybridized carbons (Fsp3) is 0.273. The van der Waals surface area contributed by atoms with Gasteiger partial charge in [0.1, 0.15) is 11.8 Å². The summed E-state index contributed by atoms with van der Waals surface area (Å²) in [4.78, 5) is 11.7. The Bertz CT molecular complexity index is 440. The van der Waals surface area contributed by atoms with E-state index in [2.05, 4.69) is 5.32 Å². The van der Waals surface area contributed by atoms with Crippen molar-refractivity contribution in [2.75, 3.05) is 7.11 Å². The molecule has 84 valence electrons. The first kappa shape index (κ1) is 12.3. The Labute approximate surface area is 98.8 Å². The minimum atomic E-state index is -0.559. The molecular formula is C11H11ClN2O2. The third-order valence-corrected chi connectivity index (χ3v) is 2.18. The molecule has 0 bridgehead atoms. The van der Waals surface area contributed by atoms with E-state index in [-0.39, 0.29) is 5.91 Å². The fourth-order valence-electron chi connectivity index (χ4n) is 1.16. The molecule has 1 atom stereocenters. The van der Waals surface area contributed by atoms with Crippen LogP contribution in [0.2, 0.25) is 5.02 Å². The molecule has 1 unspecified atom stereocenters. The van der Waals surface area contributed by atoms with Crippen LogP contribution in [0, 0.1) is 11.3 Å². The maximum Gasteiger partial charge on any atom is 0.256 e. The Morgan fingerprint density at radius 2 is 2.31 bits per heavy atom. The van der Waals surface area contributed by atoms with Crippen molar-refractivity contribution in [2.24, 2.45) is 0 Å². The van der Waals surface area contributed by atoms with Gasteiger partial charge in [-0.3, -0.25) is 4.79 Å². The second kappa shape index (κ2) is 5.38. The molecular weight excluding hydrogens is 228 g/mol. The van der Waals surface area contributed by atoms with E-state index in [4.69, 9.17) is 21.6 Å². The SMILES string of the molecule is COc1ccc(Cl)cc1C(=O)NC(C)C#N. The molecule has 0 aliphatic heterocycles. The van der Waals surface area contributed by atoms with E-state index < -0.39 is 6.04 Å². The van der Waals surface area contributed by atoms with Gasteiger partial charge in [-0.1, -0.05) is 11.6 Å². The zero-order chi connectivity index (χ0) is 12.1. The first-order chi connectivity index (χ1) is 7.58. The predicted octanol–water partition coefficient (Wildman–Crippen LogP) is 1.99. The first-order valence-corrected chi connectivity index (χ1v) is 5.00. The first-order valence-electron chi connectivity index (χ1n) is 4.62. The van der Waals surface area contributed by atoms with Crippen LogP contribution in [0.15, 0.2) is 18.2 Å². The van der Waals surface area contributed by atoms with E-state index in [0.29, 0.717) is 16.3 Å². The summed E-state index contributed by atoms with van der Waals surface area (Å²) in [7, 11) is 1.47. The average Bonchev–Trinajstić information content (AvgIpc) is 2.28. The minimum absolute atomic E-state index is 0.317. The normalized spacial score (nSPS) is 11.4. The third kappa shape index (κ3) is 2.88. The number of carbonyl (C=O) groups excluding carboxylic acids is 1. The van der Waals surface area contributed by atoms with Crippen molar-refractivity contribution in [2.45, 2.75) is 13.0 Å². The average molecular weight is 239 g/mol. The monoisotopic (exact) mass is 238 g/mol. The third-order valence-electron chi connectivity index (χ3n) is 1.95. The summed E-state index contributed by atoms with van der Waals surface area (Å²) in [5.74, 6) is 0.0421. The van der Waals surface area contributed by atoms with E-state index in [0.717, 1.165) is 0 Å². The molecule has 0 radical (unpaired) electrons.